The van der Waals surface area contributed by atoms with Crippen LogP contribution < -0.4 is 10.1 Å². The molecule has 0 bridgehead atoms. The summed E-state index contributed by atoms with van der Waals surface area (Å²) in [5.74, 6) is 0.117. The summed E-state index contributed by atoms with van der Waals surface area (Å²) in [6.07, 6.45) is -0.366. The molecule has 2 heterocycles. The lowest BCUT2D eigenvalue weighted by Crippen LogP contribution is -2.55. The van der Waals surface area contributed by atoms with Gasteiger partial charge in [-0.3, -0.25) is 9.59 Å². The third kappa shape index (κ3) is 4.44. The SMILES string of the molecule is CCOC(=O)N1CCN(C(=O)[C@H](C)NC(=O)c2cc3c(OC)cccc3[nH]2)CC1. The van der Waals surface area contributed by atoms with E-state index in [0.717, 1.165) is 10.9 Å². The second-order valence-corrected chi connectivity index (χ2v) is 6.81. The van der Waals surface area contributed by atoms with Crippen LogP contribution in [0.3, 0.4) is 0 Å². The van der Waals surface area contributed by atoms with E-state index in [9.17, 15) is 14.4 Å². The van der Waals surface area contributed by atoms with E-state index in [2.05, 4.69) is 10.3 Å². The summed E-state index contributed by atoms with van der Waals surface area (Å²) in [6, 6.07) is 6.52. The van der Waals surface area contributed by atoms with Crippen LogP contribution in [0, 0.1) is 0 Å². The highest BCUT2D eigenvalue weighted by Gasteiger charge is 2.28. The van der Waals surface area contributed by atoms with Crippen LogP contribution in [-0.4, -0.2) is 78.6 Å². The van der Waals surface area contributed by atoms with Gasteiger partial charge in [-0.25, -0.2) is 4.79 Å². The Morgan fingerprint density at radius 3 is 2.52 bits per heavy atom. The van der Waals surface area contributed by atoms with Gasteiger partial charge in [0, 0.05) is 37.1 Å². The topological polar surface area (TPSA) is 104 Å². The molecule has 1 aliphatic heterocycles. The molecule has 1 atom stereocenters. The molecule has 3 amide bonds. The molecule has 0 saturated carbocycles. The summed E-state index contributed by atoms with van der Waals surface area (Å²) < 4.78 is 10.3. The van der Waals surface area contributed by atoms with Gasteiger partial charge in [0.1, 0.15) is 17.5 Å². The number of aromatic amines is 1. The van der Waals surface area contributed by atoms with Crippen LogP contribution in [0.15, 0.2) is 24.3 Å². The van der Waals surface area contributed by atoms with E-state index in [0.29, 0.717) is 44.2 Å². The first-order chi connectivity index (χ1) is 13.9. The number of carbonyl (C=O) groups is 3. The smallest absolute Gasteiger partial charge is 0.409 e. The lowest BCUT2D eigenvalue weighted by molar-refractivity contribution is -0.134. The molecular formula is C20H26N4O5. The number of aromatic nitrogens is 1. The van der Waals surface area contributed by atoms with Crippen molar-refractivity contribution < 1.29 is 23.9 Å². The summed E-state index contributed by atoms with van der Waals surface area (Å²) in [4.78, 5) is 43.3. The minimum Gasteiger partial charge on any atom is -0.496 e. The highest BCUT2D eigenvalue weighted by molar-refractivity contribution is 6.01. The average Bonchev–Trinajstić information content (AvgIpc) is 3.18. The predicted molar refractivity (Wildman–Crippen MR) is 107 cm³/mol. The van der Waals surface area contributed by atoms with E-state index in [4.69, 9.17) is 9.47 Å². The zero-order chi connectivity index (χ0) is 21.0. The van der Waals surface area contributed by atoms with E-state index in [1.165, 1.54) is 0 Å². The Labute approximate surface area is 168 Å². The Kier molecular flexibility index (Phi) is 6.26. The summed E-state index contributed by atoms with van der Waals surface area (Å²) in [7, 11) is 1.57. The second-order valence-electron chi connectivity index (χ2n) is 6.81. The maximum absolute atomic E-state index is 12.7. The minimum atomic E-state index is -0.690. The molecule has 156 valence electrons. The van der Waals surface area contributed by atoms with Crippen molar-refractivity contribution in [3.05, 3.63) is 30.0 Å². The van der Waals surface area contributed by atoms with Gasteiger partial charge in [0.25, 0.3) is 5.91 Å². The van der Waals surface area contributed by atoms with Crippen LogP contribution in [0.2, 0.25) is 0 Å². The molecule has 29 heavy (non-hydrogen) atoms. The number of hydrogen-bond donors (Lipinski definition) is 2. The van der Waals surface area contributed by atoms with Gasteiger partial charge in [-0.05, 0) is 32.0 Å². The highest BCUT2D eigenvalue weighted by atomic mass is 16.6. The van der Waals surface area contributed by atoms with E-state index in [1.807, 2.05) is 18.2 Å². The molecule has 0 unspecified atom stereocenters. The summed E-state index contributed by atoms with van der Waals surface area (Å²) in [5.41, 5.74) is 1.14. The van der Waals surface area contributed by atoms with Crippen LogP contribution in [0.5, 0.6) is 5.75 Å². The van der Waals surface area contributed by atoms with Crippen LogP contribution >= 0.6 is 0 Å². The van der Waals surface area contributed by atoms with Gasteiger partial charge >= 0.3 is 6.09 Å². The number of hydrogen-bond acceptors (Lipinski definition) is 5. The molecule has 3 rings (SSSR count). The molecule has 9 nitrogen and oxygen atoms in total. The third-order valence-electron chi connectivity index (χ3n) is 4.92. The summed E-state index contributed by atoms with van der Waals surface area (Å²) in [5, 5.41) is 3.54. The van der Waals surface area contributed by atoms with Gasteiger partial charge in [-0.2, -0.15) is 0 Å². The highest BCUT2D eigenvalue weighted by Crippen LogP contribution is 2.26. The number of amides is 3. The van der Waals surface area contributed by atoms with Crippen LogP contribution in [-0.2, 0) is 9.53 Å². The van der Waals surface area contributed by atoms with E-state index >= 15 is 0 Å². The van der Waals surface area contributed by atoms with Crippen molar-refractivity contribution in [3.63, 3.8) is 0 Å². The number of piperazine rings is 1. The molecule has 2 aromatic rings. The maximum Gasteiger partial charge on any atom is 0.409 e. The fourth-order valence-electron chi connectivity index (χ4n) is 3.36. The standard InChI is InChI=1S/C20H26N4O5/c1-4-29-20(27)24-10-8-23(9-11-24)19(26)13(2)21-18(25)16-12-14-15(22-16)6-5-7-17(14)28-3/h5-7,12-13,22H,4,8-11H2,1-3H3,(H,21,25)/t13-/m0/s1. The molecule has 1 aliphatic rings. The number of nitrogens with zero attached hydrogens (tertiary/aromatic N) is 2. The maximum atomic E-state index is 12.7. The van der Waals surface area contributed by atoms with Crippen LogP contribution in [0.1, 0.15) is 24.3 Å². The fraction of sp³-hybridized carbons (Fsp3) is 0.450. The first-order valence-electron chi connectivity index (χ1n) is 9.61. The first-order valence-corrected chi connectivity index (χ1v) is 9.61. The largest absolute Gasteiger partial charge is 0.496 e. The van der Waals surface area contributed by atoms with E-state index in [1.54, 1.807) is 36.8 Å². The number of ether oxygens (including phenoxy) is 2. The van der Waals surface area contributed by atoms with Crippen molar-refractivity contribution in [3.8, 4) is 5.75 Å². The lowest BCUT2D eigenvalue weighted by Gasteiger charge is -2.35. The van der Waals surface area contributed by atoms with Crippen molar-refractivity contribution in [2.75, 3.05) is 39.9 Å². The predicted octanol–water partition coefficient (Wildman–Crippen LogP) is 1.60. The molecule has 2 N–H and O–H groups in total. The summed E-state index contributed by atoms with van der Waals surface area (Å²) >= 11 is 0. The monoisotopic (exact) mass is 402 g/mol. The van der Waals surface area contributed by atoms with Gasteiger partial charge < -0.3 is 29.6 Å². The Bertz CT molecular complexity index is 901. The Hall–Kier alpha value is -3.23. The minimum absolute atomic E-state index is 0.185. The van der Waals surface area contributed by atoms with Gasteiger partial charge in [-0.15, -0.1) is 0 Å². The van der Waals surface area contributed by atoms with Crippen molar-refractivity contribution >= 4 is 28.8 Å². The molecule has 0 radical (unpaired) electrons. The van der Waals surface area contributed by atoms with Gasteiger partial charge in [0.05, 0.1) is 13.7 Å². The van der Waals surface area contributed by atoms with Crippen LogP contribution in [0.25, 0.3) is 10.9 Å². The molecule has 1 aromatic carbocycles. The Morgan fingerprint density at radius 1 is 1.17 bits per heavy atom. The molecule has 1 aromatic heterocycles. The molecule has 1 saturated heterocycles. The second kappa shape index (κ2) is 8.85. The van der Waals surface area contributed by atoms with Crippen molar-refractivity contribution in [2.45, 2.75) is 19.9 Å². The number of nitrogens with one attached hydrogen (secondary N) is 2. The number of fused-ring (bicyclic) bond motifs is 1. The van der Waals surface area contributed by atoms with Crippen molar-refractivity contribution in [1.29, 1.82) is 0 Å². The van der Waals surface area contributed by atoms with Crippen LogP contribution in [0.4, 0.5) is 4.79 Å². The average molecular weight is 402 g/mol. The summed E-state index contributed by atoms with van der Waals surface area (Å²) in [6.45, 7) is 5.36. The number of methoxy groups -OCH3 is 1. The Balaban J connectivity index is 1.58. The van der Waals surface area contributed by atoms with Crippen molar-refractivity contribution in [2.24, 2.45) is 0 Å². The molecule has 9 heteroatoms. The number of H-pyrrole nitrogens is 1. The number of rotatable bonds is 5. The zero-order valence-corrected chi connectivity index (χ0v) is 16.9. The molecular weight excluding hydrogens is 376 g/mol. The van der Waals surface area contributed by atoms with E-state index < -0.39 is 6.04 Å². The third-order valence-corrected chi connectivity index (χ3v) is 4.92. The number of carbonyl (C=O) groups excluding carboxylic acids is 3. The normalized spacial score (nSPS) is 15.1. The fourth-order valence-corrected chi connectivity index (χ4v) is 3.36. The molecule has 0 spiro atoms. The van der Waals surface area contributed by atoms with Gasteiger partial charge in [-0.1, -0.05) is 6.07 Å². The molecule has 0 aliphatic carbocycles. The van der Waals surface area contributed by atoms with Gasteiger partial charge in [0.15, 0.2) is 0 Å². The number of benzene rings is 1. The zero-order valence-electron chi connectivity index (χ0n) is 16.9. The Morgan fingerprint density at radius 2 is 1.86 bits per heavy atom. The lowest BCUT2D eigenvalue weighted by atomic mass is 10.2. The van der Waals surface area contributed by atoms with Gasteiger partial charge in [0.2, 0.25) is 5.91 Å². The molecule has 1 fully saturated rings. The van der Waals surface area contributed by atoms with Crippen molar-refractivity contribution in [1.82, 2.24) is 20.1 Å². The quantitative estimate of drug-likeness (QED) is 0.791. The first kappa shape index (κ1) is 20.5. The van der Waals surface area contributed by atoms with E-state index in [-0.39, 0.29) is 17.9 Å².